The first-order chi connectivity index (χ1) is 10.6. The van der Waals surface area contributed by atoms with E-state index in [-0.39, 0.29) is 22.8 Å². The Balaban J connectivity index is 1.76. The summed E-state index contributed by atoms with van der Waals surface area (Å²) in [6.45, 7) is 0. The lowest BCUT2D eigenvalue weighted by molar-refractivity contribution is -0.385. The zero-order chi connectivity index (χ0) is 15.5. The summed E-state index contributed by atoms with van der Waals surface area (Å²) in [5.74, 6) is -0.254. The van der Waals surface area contributed by atoms with E-state index in [0.717, 1.165) is 5.52 Å². The number of pyridine rings is 1. The number of fused-ring (bicyclic) bond motifs is 1. The number of hydrogen-bond acceptors (Lipinski definition) is 6. The van der Waals surface area contributed by atoms with Gasteiger partial charge >= 0.3 is 0 Å². The van der Waals surface area contributed by atoms with Gasteiger partial charge in [-0.1, -0.05) is 23.9 Å². The highest BCUT2D eigenvalue weighted by Crippen LogP contribution is 2.23. The first kappa shape index (κ1) is 14.2. The van der Waals surface area contributed by atoms with Crippen LogP contribution in [0.15, 0.2) is 47.8 Å². The molecule has 0 amide bonds. The van der Waals surface area contributed by atoms with Crippen molar-refractivity contribution in [1.29, 1.82) is 0 Å². The van der Waals surface area contributed by atoms with Crippen molar-refractivity contribution >= 4 is 34.4 Å². The van der Waals surface area contributed by atoms with Crippen molar-refractivity contribution in [2.45, 2.75) is 5.16 Å². The van der Waals surface area contributed by atoms with E-state index in [4.69, 9.17) is 0 Å². The topological polar surface area (TPSA) is 102 Å². The van der Waals surface area contributed by atoms with Gasteiger partial charge in [0.25, 0.3) is 5.69 Å². The van der Waals surface area contributed by atoms with Crippen LogP contribution in [0.1, 0.15) is 10.4 Å². The second kappa shape index (κ2) is 5.94. The molecule has 0 spiro atoms. The van der Waals surface area contributed by atoms with Crippen LogP contribution in [0, 0.1) is 10.1 Å². The molecule has 0 unspecified atom stereocenters. The fourth-order valence-corrected chi connectivity index (χ4v) is 2.73. The Morgan fingerprint density at radius 1 is 1.27 bits per heavy atom. The summed E-state index contributed by atoms with van der Waals surface area (Å²) in [6, 6.07) is 9.55. The highest BCUT2D eigenvalue weighted by atomic mass is 32.2. The molecule has 2 heterocycles. The number of nitro benzene ring substituents is 1. The minimum atomic E-state index is -0.553. The van der Waals surface area contributed by atoms with Crippen LogP contribution in [0.3, 0.4) is 0 Å². The maximum atomic E-state index is 12.2. The van der Waals surface area contributed by atoms with Crippen molar-refractivity contribution in [2.75, 3.05) is 5.75 Å². The second-order valence-electron chi connectivity index (χ2n) is 4.40. The fourth-order valence-electron chi connectivity index (χ4n) is 1.97. The maximum absolute atomic E-state index is 12.2. The van der Waals surface area contributed by atoms with Gasteiger partial charge in [0.1, 0.15) is 0 Å². The summed E-state index contributed by atoms with van der Waals surface area (Å²) in [6.07, 6.45) is 1.64. The van der Waals surface area contributed by atoms with Crippen molar-refractivity contribution < 1.29 is 9.72 Å². The summed E-state index contributed by atoms with van der Waals surface area (Å²) in [7, 11) is 0. The molecular formula is C14H10N4O3S. The number of thioether (sulfide) groups is 1. The standard InChI is InChI=1S/C14H10N4O3S/c19-12(9-4-1-2-6-11(9)18(20)21)8-22-14-16-10-5-3-7-15-13(10)17-14/h1-7H,8H2,(H,15,16,17). The highest BCUT2D eigenvalue weighted by Gasteiger charge is 2.19. The molecule has 3 rings (SSSR count). The first-order valence-corrected chi connectivity index (χ1v) is 7.34. The Bertz CT molecular complexity index is 829. The van der Waals surface area contributed by atoms with E-state index < -0.39 is 4.92 Å². The van der Waals surface area contributed by atoms with Crippen molar-refractivity contribution in [3.8, 4) is 0 Å². The second-order valence-corrected chi connectivity index (χ2v) is 5.37. The summed E-state index contributed by atoms with van der Waals surface area (Å²) in [5.41, 5.74) is 1.28. The number of carbonyl (C=O) groups excluding carboxylic acids is 1. The minimum absolute atomic E-state index is 0.0602. The quantitative estimate of drug-likeness (QED) is 0.336. The van der Waals surface area contributed by atoms with Gasteiger partial charge in [0, 0.05) is 12.3 Å². The van der Waals surface area contributed by atoms with Crippen LogP contribution < -0.4 is 0 Å². The molecule has 1 aromatic carbocycles. The molecule has 0 aliphatic rings. The predicted molar refractivity (Wildman–Crippen MR) is 82.0 cm³/mol. The molecule has 0 radical (unpaired) electrons. The third kappa shape index (κ3) is 2.82. The summed E-state index contributed by atoms with van der Waals surface area (Å²) < 4.78 is 0. The summed E-state index contributed by atoms with van der Waals surface area (Å²) >= 11 is 1.19. The molecule has 22 heavy (non-hydrogen) atoms. The van der Waals surface area contributed by atoms with E-state index in [1.165, 1.54) is 30.0 Å². The average molecular weight is 314 g/mol. The number of nitrogens with zero attached hydrogens (tertiary/aromatic N) is 3. The average Bonchev–Trinajstić information content (AvgIpc) is 2.95. The van der Waals surface area contributed by atoms with E-state index in [2.05, 4.69) is 15.0 Å². The largest absolute Gasteiger partial charge is 0.332 e. The van der Waals surface area contributed by atoms with E-state index in [0.29, 0.717) is 10.8 Å². The molecule has 3 aromatic rings. The molecule has 0 bridgehead atoms. The molecule has 0 fully saturated rings. The van der Waals surface area contributed by atoms with Gasteiger partial charge in [-0.2, -0.15) is 0 Å². The van der Waals surface area contributed by atoms with E-state index in [1.54, 1.807) is 18.3 Å². The number of nitrogens with one attached hydrogen (secondary N) is 1. The Hall–Kier alpha value is -2.74. The number of ketones is 1. The minimum Gasteiger partial charge on any atom is -0.332 e. The molecule has 1 N–H and O–H groups in total. The molecule has 7 nitrogen and oxygen atoms in total. The number of hydrogen-bond donors (Lipinski definition) is 1. The maximum Gasteiger partial charge on any atom is 0.280 e. The van der Waals surface area contributed by atoms with Gasteiger partial charge in [0.15, 0.2) is 16.6 Å². The van der Waals surface area contributed by atoms with Crippen molar-refractivity contribution in [3.63, 3.8) is 0 Å². The zero-order valence-electron chi connectivity index (χ0n) is 11.2. The number of aromatic amines is 1. The van der Waals surface area contributed by atoms with Gasteiger partial charge in [0.2, 0.25) is 0 Å². The van der Waals surface area contributed by atoms with Crippen LogP contribution in [0.25, 0.3) is 11.2 Å². The molecule has 0 aliphatic heterocycles. The molecule has 8 heteroatoms. The number of H-pyrrole nitrogens is 1. The first-order valence-electron chi connectivity index (χ1n) is 6.35. The molecule has 110 valence electrons. The van der Waals surface area contributed by atoms with Crippen LogP contribution in [0.5, 0.6) is 0 Å². The van der Waals surface area contributed by atoms with E-state index in [9.17, 15) is 14.9 Å². The monoisotopic (exact) mass is 314 g/mol. The lowest BCUT2D eigenvalue weighted by Crippen LogP contribution is -2.06. The normalized spacial score (nSPS) is 10.7. The Morgan fingerprint density at radius 2 is 2.09 bits per heavy atom. The van der Waals surface area contributed by atoms with Crippen molar-refractivity contribution in [3.05, 3.63) is 58.3 Å². The Labute approximate surface area is 128 Å². The number of aromatic nitrogens is 3. The van der Waals surface area contributed by atoms with Gasteiger partial charge in [0.05, 0.1) is 21.8 Å². The van der Waals surface area contributed by atoms with Crippen LogP contribution in [0.2, 0.25) is 0 Å². The number of nitro groups is 1. The third-order valence-electron chi connectivity index (χ3n) is 2.98. The van der Waals surface area contributed by atoms with Crippen LogP contribution in [0.4, 0.5) is 5.69 Å². The van der Waals surface area contributed by atoms with E-state index in [1.807, 2.05) is 6.07 Å². The van der Waals surface area contributed by atoms with Gasteiger partial charge in [-0.05, 0) is 18.2 Å². The number of imidazole rings is 1. The lowest BCUT2D eigenvalue weighted by Gasteiger charge is -2.00. The Morgan fingerprint density at radius 3 is 2.86 bits per heavy atom. The highest BCUT2D eigenvalue weighted by molar-refractivity contribution is 7.99. The lowest BCUT2D eigenvalue weighted by atomic mass is 10.1. The van der Waals surface area contributed by atoms with E-state index >= 15 is 0 Å². The summed E-state index contributed by atoms with van der Waals surface area (Å²) in [5, 5.41) is 11.5. The number of para-hydroxylation sites is 1. The van der Waals surface area contributed by atoms with Crippen LogP contribution >= 0.6 is 11.8 Å². The van der Waals surface area contributed by atoms with Gasteiger partial charge in [-0.3, -0.25) is 14.9 Å². The number of Topliss-reactive ketones (excluding diaryl/α,β-unsaturated/α-hetero) is 1. The molecule has 0 atom stereocenters. The van der Waals surface area contributed by atoms with Crippen molar-refractivity contribution in [2.24, 2.45) is 0 Å². The van der Waals surface area contributed by atoms with Crippen LogP contribution in [-0.4, -0.2) is 31.4 Å². The Kier molecular flexibility index (Phi) is 3.84. The SMILES string of the molecule is O=C(CSc1nc2ncccc2[nH]1)c1ccccc1[N+](=O)[O-]. The number of benzene rings is 1. The fraction of sp³-hybridized carbons (Fsp3) is 0.0714. The zero-order valence-corrected chi connectivity index (χ0v) is 12.0. The number of rotatable bonds is 5. The predicted octanol–water partition coefficient (Wildman–Crippen LogP) is 2.84. The molecule has 2 aromatic heterocycles. The smallest absolute Gasteiger partial charge is 0.280 e. The van der Waals surface area contributed by atoms with Crippen LogP contribution in [-0.2, 0) is 0 Å². The molecule has 0 saturated heterocycles. The molecule has 0 aliphatic carbocycles. The van der Waals surface area contributed by atoms with Gasteiger partial charge in [-0.15, -0.1) is 0 Å². The number of carbonyl (C=O) groups is 1. The molecule has 0 saturated carbocycles. The summed E-state index contributed by atoms with van der Waals surface area (Å²) in [4.78, 5) is 33.9. The van der Waals surface area contributed by atoms with Gasteiger partial charge < -0.3 is 4.98 Å². The molecular weight excluding hydrogens is 304 g/mol. The van der Waals surface area contributed by atoms with Crippen molar-refractivity contribution in [1.82, 2.24) is 15.0 Å². The van der Waals surface area contributed by atoms with Gasteiger partial charge in [-0.25, -0.2) is 9.97 Å². The third-order valence-corrected chi connectivity index (χ3v) is 3.85.